The smallest absolute Gasteiger partial charge is 0.339 e. The van der Waals surface area contributed by atoms with Gasteiger partial charge in [-0.15, -0.1) is 0 Å². The highest BCUT2D eigenvalue weighted by Gasteiger charge is 2.15. The molecular weight excluding hydrogens is 333 g/mol. The number of pyridine rings is 1. The molecule has 0 fully saturated rings. The lowest BCUT2D eigenvalue weighted by atomic mass is 10.1. The van der Waals surface area contributed by atoms with Crippen LogP contribution in [0.3, 0.4) is 0 Å². The normalized spacial score (nSPS) is 10.3. The number of benzene rings is 1. The molecule has 17 heavy (non-hydrogen) atoms. The lowest BCUT2D eigenvalue weighted by Crippen LogP contribution is -2.09. The van der Waals surface area contributed by atoms with Gasteiger partial charge in [0.25, 0.3) is 0 Å². The Kier molecular flexibility index (Phi) is 3.43. The molecular formula is C11H10IN3O2. The van der Waals surface area contributed by atoms with Crippen molar-refractivity contribution in [3.8, 4) is 0 Å². The molecule has 2 rings (SSSR count). The fourth-order valence-electron chi connectivity index (χ4n) is 1.57. The van der Waals surface area contributed by atoms with Crippen LogP contribution in [0.5, 0.6) is 0 Å². The number of nitrogen functional groups attached to an aromatic ring is 1. The number of nitrogens with one attached hydrogen (secondary N) is 1. The van der Waals surface area contributed by atoms with Crippen LogP contribution in [0.1, 0.15) is 10.4 Å². The maximum atomic E-state index is 11.7. The molecule has 3 N–H and O–H groups in total. The van der Waals surface area contributed by atoms with E-state index in [9.17, 15) is 4.79 Å². The molecule has 0 aliphatic heterocycles. The van der Waals surface area contributed by atoms with Gasteiger partial charge in [-0.1, -0.05) is 0 Å². The Morgan fingerprint density at radius 2 is 2.18 bits per heavy atom. The number of aromatic nitrogens is 1. The summed E-state index contributed by atoms with van der Waals surface area (Å²) in [4.78, 5) is 16.0. The number of carbonyl (C=O) groups excluding carboxylic acids is 1. The zero-order valence-corrected chi connectivity index (χ0v) is 11.2. The van der Waals surface area contributed by atoms with Crippen molar-refractivity contribution < 1.29 is 9.53 Å². The second-order valence-corrected chi connectivity index (χ2v) is 4.48. The minimum Gasteiger partial charge on any atom is -0.465 e. The Morgan fingerprint density at radius 3 is 2.82 bits per heavy atom. The van der Waals surface area contributed by atoms with Crippen LogP contribution < -0.4 is 11.3 Å². The number of hydrogen-bond donors (Lipinski definition) is 2. The van der Waals surface area contributed by atoms with Crippen LogP contribution in [-0.4, -0.2) is 18.1 Å². The number of rotatable bonds is 2. The molecule has 6 heteroatoms. The number of nitrogens with two attached hydrogens (primary N) is 1. The van der Waals surface area contributed by atoms with Crippen molar-refractivity contribution in [3.63, 3.8) is 0 Å². The van der Waals surface area contributed by atoms with E-state index in [1.54, 1.807) is 12.1 Å². The standard InChI is InChI=1S/C11H10IN3O2/c1-17-11(16)10-6-2-5-9(15-13)14-8(6)4-3-7(10)12/h2-5H,13H2,1H3,(H,14,15). The molecule has 0 atom stereocenters. The van der Waals surface area contributed by atoms with Gasteiger partial charge in [-0.25, -0.2) is 15.6 Å². The first-order valence-electron chi connectivity index (χ1n) is 4.81. The number of anilines is 1. The van der Waals surface area contributed by atoms with Crippen LogP contribution in [0, 0.1) is 3.57 Å². The van der Waals surface area contributed by atoms with E-state index in [0.29, 0.717) is 16.9 Å². The van der Waals surface area contributed by atoms with Crippen molar-refractivity contribution in [2.24, 2.45) is 5.84 Å². The largest absolute Gasteiger partial charge is 0.465 e. The van der Waals surface area contributed by atoms with Crippen LogP contribution in [0.25, 0.3) is 10.9 Å². The number of nitrogens with zero attached hydrogens (tertiary/aromatic N) is 1. The van der Waals surface area contributed by atoms with E-state index < -0.39 is 0 Å². The zero-order chi connectivity index (χ0) is 12.4. The van der Waals surface area contributed by atoms with Crippen LogP contribution in [0.4, 0.5) is 5.82 Å². The second-order valence-electron chi connectivity index (χ2n) is 3.32. The Labute approximate surface area is 111 Å². The molecule has 0 spiro atoms. The molecule has 0 saturated heterocycles. The molecule has 0 amide bonds. The summed E-state index contributed by atoms with van der Waals surface area (Å²) in [6, 6.07) is 7.17. The minimum absolute atomic E-state index is 0.366. The van der Waals surface area contributed by atoms with Crippen molar-refractivity contribution in [2.75, 3.05) is 12.5 Å². The molecule has 1 aromatic carbocycles. The molecule has 5 nitrogen and oxygen atoms in total. The Balaban J connectivity index is 2.73. The van der Waals surface area contributed by atoms with Gasteiger partial charge in [0.2, 0.25) is 0 Å². The zero-order valence-electron chi connectivity index (χ0n) is 9.03. The maximum Gasteiger partial charge on any atom is 0.339 e. The van der Waals surface area contributed by atoms with Gasteiger partial charge in [-0.3, -0.25) is 0 Å². The molecule has 0 bridgehead atoms. The highest BCUT2D eigenvalue weighted by molar-refractivity contribution is 14.1. The number of hydrogen-bond acceptors (Lipinski definition) is 5. The number of hydrazine groups is 1. The van der Waals surface area contributed by atoms with Crippen LogP contribution >= 0.6 is 22.6 Å². The molecule has 1 heterocycles. The Morgan fingerprint density at radius 1 is 1.41 bits per heavy atom. The highest BCUT2D eigenvalue weighted by Crippen LogP contribution is 2.24. The highest BCUT2D eigenvalue weighted by atomic mass is 127. The third-order valence-corrected chi connectivity index (χ3v) is 3.26. The van der Waals surface area contributed by atoms with Gasteiger partial charge in [-0.05, 0) is 46.9 Å². The average Bonchev–Trinajstić information content (AvgIpc) is 2.37. The van der Waals surface area contributed by atoms with E-state index in [1.165, 1.54) is 7.11 Å². The topological polar surface area (TPSA) is 77.2 Å². The summed E-state index contributed by atoms with van der Waals surface area (Å²) in [6.07, 6.45) is 0. The maximum absolute atomic E-state index is 11.7. The van der Waals surface area contributed by atoms with E-state index in [-0.39, 0.29) is 5.97 Å². The predicted molar refractivity (Wildman–Crippen MR) is 73.6 cm³/mol. The molecule has 2 aromatic rings. The first kappa shape index (κ1) is 12.1. The number of methoxy groups -OCH3 is 1. The summed E-state index contributed by atoms with van der Waals surface area (Å²) in [5, 5.41) is 0.753. The summed E-state index contributed by atoms with van der Waals surface area (Å²) >= 11 is 2.10. The summed E-state index contributed by atoms with van der Waals surface area (Å²) in [5.74, 6) is 5.47. The van der Waals surface area contributed by atoms with E-state index in [1.807, 2.05) is 12.1 Å². The van der Waals surface area contributed by atoms with Gasteiger partial charge in [0.05, 0.1) is 18.2 Å². The van der Waals surface area contributed by atoms with E-state index >= 15 is 0 Å². The van der Waals surface area contributed by atoms with Crippen LogP contribution in [0.15, 0.2) is 24.3 Å². The van der Waals surface area contributed by atoms with Crippen molar-refractivity contribution in [1.29, 1.82) is 0 Å². The molecule has 0 unspecified atom stereocenters. The fourth-order valence-corrected chi connectivity index (χ4v) is 2.26. The van der Waals surface area contributed by atoms with Crippen molar-refractivity contribution >= 4 is 45.3 Å². The Bertz CT molecular complexity index is 586. The summed E-state index contributed by atoms with van der Waals surface area (Å²) in [7, 11) is 1.36. The summed E-state index contributed by atoms with van der Waals surface area (Å²) < 4.78 is 5.60. The van der Waals surface area contributed by atoms with Gasteiger partial charge >= 0.3 is 5.97 Å². The van der Waals surface area contributed by atoms with Crippen molar-refractivity contribution in [1.82, 2.24) is 4.98 Å². The SMILES string of the molecule is COC(=O)c1c(I)ccc2nc(NN)ccc12. The average molecular weight is 343 g/mol. The van der Waals surface area contributed by atoms with E-state index in [4.69, 9.17) is 10.6 Å². The molecule has 0 aliphatic rings. The fraction of sp³-hybridized carbons (Fsp3) is 0.0909. The molecule has 0 saturated carbocycles. The van der Waals surface area contributed by atoms with Gasteiger partial charge in [0, 0.05) is 8.96 Å². The third kappa shape index (κ3) is 2.18. The number of carbonyl (C=O) groups is 1. The van der Waals surface area contributed by atoms with Crippen LogP contribution in [0.2, 0.25) is 0 Å². The lowest BCUT2D eigenvalue weighted by Gasteiger charge is -2.08. The molecule has 0 radical (unpaired) electrons. The Hall–Kier alpha value is -1.41. The summed E-state index contributed by atoms with van der Waals surface area (Å²) in [6.45, 7) is 0. The monoisotopic (exact) mass is 343 g/mol. The summed E-state index contributed by atoms with van der Waals surface area (Å²) in [5.41, 5.74) is 3.69. The number of ether oxygens (including phenoxy) is 1. The molecule has 88 valence electrons. The van der Waals surface area contributed by atoms with Crippen molar-refractivity contribution in [2.45, 2.75) is 0 Å². The third-order valence-electron chi connectivity index (χ3n) is 2.36. The van der Waals surface area contributed by atoms with Crippen molar-refractivity contribution in [3.05, 3.63) is 33.4 Å². The number of esters is 1. The molecule has 1 aromatic heterocycles. The van der Waals surface area contributed by atoms with Gasteiger partial charge in [-0.2, -0.15) is 0 Å². The first-order valence-corrected chi connectivity index (χ1v) is 5.89. The predicted octanol–water partition coefficient (Wildman–Crippen LogP) is 1.91. The van der Waals surface area contributed by atoms with E-state index in [0.717, 1.165) is 8.96 Å². The minimum atomic E-state index is -0.366. The first-order chi connectivity index (χ1) is 8.17. The van der Waals surface area contributed by atoms with Crippen LogP contribution in [-0.2, 0) is 4.74 Å². The number of halogens is 1. The molecule has 0 aliphatic carbocycles. The lowest BCUT2D eigenvalue weighted by molar-refractivity contribution is 0.0602. The van der Waals surface area contributed by atoms with Gasteiger partial charge < -0.3 is 10.2 Å². The quantitative estimate of drug-likeness (QED) is 0.377. The van der Waals surface area contributed by atoms with E-state index in [2.05, 4.69) is 33.0 Å². The van der Waals surface area contributed by atoms with Gasteiger partial charge in [0.1, 0.15) is 5.82 Å². The number of fused-ring (bicyclic) bond motifs is 1. The van der Waals surface area contributed by atoms with Gasteiger partial charge in [0.15, 0.2) is 0 Å². The second kappa shape index (κ2) is 4.84.